The van der Waals surface area contributed by atoms with E-state index in [1.807, 2.05) is 73.0 Å². The van der Waals surface area contributed by atoms with Gasteiger partial charge in [0.05, 0.1) is 23.8 Å². The van der Waals surface area contributed by atoms with Gasteiger partial charge in [0, 0.05) is 42.9 Å². The predicted octanol–water partition coefficient (Wildman–Crippen LogP) is 4.34. The molecule has 1 fully saturated rings. The van der Waals surface area contributed by atoms with Gasteiger partial charge in [-0.3, -0.25) is 14.5 Å². The Kier molecular flexibility index (Phi) is 8.12. The molecule has 1 aliphatic rings. The molecule has 0 atom stereocenters. The zero-order valence-electron chi connectivity index (χ0n) is 20.9. The summed E-state index contributed by atoms with van der Waals surface area (Å²) in [7, 11) is 3.33. The Hall–Kier alpha value is -3.56. The van der Waals surface area contributed by atoms with Crippen LogP contribution in [0.15, 0.2) is 58.4 Å². The number of thioether (sulfide) groups is 1. The van der Waals surface area contributed by atoms with E-state index in [4.69, 9.17) is 9.47 Å². The molecule has 1 aromatic heterocycles. The number of benzene rings is 2. The van der Waals surface area contributed by atoms with Crippen LogP contribution in [0.25, 0.3) is 17.0 Å². The number of carbonyl (C=O) groups excluding carboxylic acids is 2. The summed E-state index contributed by atoms with van der Waals surface area (Å²) in [6.07, 6.45) is 1.90. The molecule has 3 aromatic rings. The van der Waals surface area contributed by atoms with E-state index in [-0.39, 0.29) is 18.4 Å². The largest absolute Gasteiger partial charge is 0.494 e. The number of nitrogens with one attached hydrogen (secondary N) is 1. The number of hydrogen-bond donors (Lipinski definition) is 1. The lowest BCUT2D eigenvalue weighted by atomic mass is 10.1. The maximum absolute atomic E-state index is 13.1. The number of nitrogens with zero attached hydrogens (tertiary/aromatic N) is 3. The van der Waals surface area contributed by atoms with Crippen LogP contribution in [0.1, 0.15) is 18.2 Å². The molecule has 0 unspecified atom stereocenters. The first kappa shape index (κ1) is 25.5. The van der Waals surface area contributed by atoms with Gasteiger partial charge in [0.15, 0.2) is 5.17 Å². The molecular formula is C27H30N4O4S. The van der Waals surface area contributed by atoms with Crippen LogP contribution in [0.3, 0.4) is 0 Å². The molecule has 9 heteroatoms. The van der Waals surface area contributed by atoms with Crippen LogP contribution in [0.4, 0.5) is 5.69 Å². The quantitative estimate of drug-likeness (QED) is 0.345. The van der Waals surface area contributed by atoms with Crippen molar-refractivity contribution >= 4 is 51.4 Å². The highest BCUT2D eigenvalue weighted by Crippen LogP contribution is 2.36. The molecule has 0 saturated carbocycles. The zero-order valence-corrected chi connectivity index (χ0v) is 21.7. The van der Waals surface area contributed by atoms with Gasteiger partial charge in [0.25, 0.3) is 5.91 Å². The first-order chi connectivity index (χ1) is 17.4. The summed E-state index contributed by atoms with van der Waals surface area (Å²) in [5.41, 5.74) is 3.52. The lowest BCUT2D eigenvalue weighted by Gasteiger charge is -2.09. The van der Waals surface area contributed by atoms with Crippen molar-refractivity contribution in [3.63, 3.8) is 0 Å². The van der Waals surface area contributed by atoms with Crippen LogP contribution in [0, 0.1) is 6.92 Å². The van der Waals surface area contributed by atoms with Gasteiger partial charge in [-0.1, -0.05) is 18.2 Å². The normalized spacial score (nSPS) is 15.9. The number of aliphatic imine (C=N–C) groups is 1. The van der Waals surface area contributed by atoms with Crippen molar-refractivity contribution in [1.82, 2.24) is 14.8 Å². The minimum atomic E-state index is -0.113. The molecule has 2 amide bonds. The molecule has 2 aromatic carbocycles. The number of aromatic nitrogens is 1. The molecule has 4 rings (SSSR count). The van der Waals surface area contributed by atoms with Crippen molar-refractivity contribution in [2.45, 2.75) is 20.4 Å². The van der Waals surface area contributed by atoms with Crippen LogP contribution in [-0.4, -0.2) is 60.4 Å². The zero-order chi connectivity index (χ0) is 25.7. The van der Waals surface area contributed by atoms with E-state index in [1.165, 1.54) is 11.8 Å². The maximum Gasteiger partial charge on any atom is 0.266 e. The average Bonchev–Trinajstić information content (AvgIpc) is 3.29. The van der Waals surface area contributed by atoms with E-state index >= 15 is 0 Å². The van der Waals surface area contributed by atoms with Gasteiger partial charge in [-0.25, -0.2) is 4.99 Å². The third-order valence-electron chi connectivity index (χ3n) is 5.86. The van der Waals surface area contributed by atoms with Crippen molar-refractivity contribution in [1.29, 1.82) is 0 Å². The fourth-order valence-electron chi connectivity index (χ4n) is 4.01. The SMILES string of the molecule is CCOc1ccc(N=C2S/C(=C\c3c(C)n(CC(=O)NCCOC)c4ccccc34)C(=O)N2C)cc1. The number of methoxy groups -OCH3 is 1. The van der Waals surface area contributed by atoms with Crippen LogP contribution < -0.4 is 10.1 Å². The van der Waals surface area contributed by atoms with Gasteiger partial charge in [0.1, 0.15) is 12.3 Å². The minimum Gasteiger partial charge on any atom is -0.494 e. The summed E-state index contributed by atoms with van der Waals surface area (Å²) in [4.78, 5) is 32.4. The van der Waals surface area contributed by atoms with Gasteiger partial charge >= 0.3 is 0 Å². The van der Waals surface area contributed by atoms with Gasteiger partial charge in [-0.05, 0) is 62.0 Å². The Morgan fingerprint density at radius 3 is 2.64 bits per heavy atom. The standard InChI is InChI=1S/C27H30N4O4S/c1-5-35-20-12-10-19(11-13-20)29-27-30(3)26(33)24(36-27)16-22-18(2)31(17-25(32)28-14-15-34-4)23-9-7-6-8-21(22)23/h6-13,16H,5,14-15,17H2,1-4H3,(H,28,32)/b24-16-,29-27?. The van der Waals surface area contributed by atoms with Crippen molar-refractivity contribution in [3.05, 3.63) is 64.7 Å². The van der Waals surface area contributed by atoms with Crippen LogP contribution in [0.2, 0.25) is 0 Å². The molecule has 1 aliphatic heterocycles. The molecule has 8 nitrogen and oxygen atoms in total. The summed E-state index contributed by atoms with van der Waals surface area (Å²) < 4.78 is 12.5. The molecule has 0 aliphatic carbocycles. The Labute approximate surface area is 215 Å². The number of ether oxygens (including phenoxy) is 2. The Morgan fingerprint density at radius 1 is 1.17 bits per heavy atom. The van der Waals surface area contributed by atoms with E-state index in [0.717, 1.165) is 33.6 Å². The van der Waals surface area contributed by atoms with Crippen LogP contribution >= 0.6 is 11.8 Å². The van der Waals surface area contributed by atoms with Crippen molar-refractivity contribution in [3.8, 4) is 5.75 Å². The predicted molar refractivity (Wildman–Crippen MR) is 145 cm³/mol. The highest BCUT2D eigenvalue weighted by Gasteiger charge is 2.31. The maximum atomic E-state index is 13.1. The van der Waals surface area contributed by atoms with E-state index in [9.17, 15) is 9.59 Å². The Bertz CT molecular complexity index is 1330. The first-order valence-electron chi connectivity index (χ1n) is 11.8. The number of para-hydroxylation sites is 1. The van der Waals surface area contributed by atoms with E-state index in [2.05, 4.69) is 10.3 Å². The second-order valence-electron chi connectivity index (χ2n) is 8.24. The molecule has 0 bridgehead atoms. The number of amides is 2. The molecule has 36 heavy (non-hydrogen) atoms. The molecule has 2 heterocycles. The highest BCUT2D eigenvalue weighted by molar-refractivity contribution is 8.18. The second-order valence-corrected chi connectivity index (χ2v) is 9.25. The van der Waals surface area contributed by atoms with Crippen molar-refractivity contribution in [2.75, 3.05) is 33.9 Å². The molecule has 0 spiro atoms. The summed E-state index contributed by atoms with van der Waals surface area (Å²) in [5, 5.41) is 4.46. The Balaban J connectivity index is 1.63. The third-order valence-corrected chi connectivity index (χ3v) is 6.92. The van der Waals surface area contributed by atoms with Gasteiger partial charge in [0.2, 0.25) is 5.91 Å². The fourth-order valence-corrected chi connectivity index (χ4v) is 4.98. The first-order valence-corrected chi connectivity index (χ1v) is 12.6. The molecular weight excluding hydrogens is 476 g/mol. The summed E-state index contributed by atoms with van der Waals surface area (Å²) in [6, 6.07) is 15.4. The lowest BCUT2D eigenvalue weighted by Crippen LogP contribution is -2.30. The summed E-state index contributed by atoms with van der Waals surface area (Å²) in [6.45, 7) is 5.61. The molecule has 0 radical (unpaired) electrons. The van der Waals surface area contributed by atoms with E-state index in [0.29, 0.717) is 29.8 Å². The van der Waals surface area contributed by atoms with Gasteiger partial charge in [-0.15, -0.1) is 0 Å². The highest BCUT2D eigenvalue weighted by atomic mass is 32.2. The van der Waals surface area contributed by atoms with Gasteiger partial charge < -0.3 is 19.4 Å². The molecule has 1 saturated heterocycles. The van der Waals surface area contributed by atoms with Gasteiger partial charge in [-0.2, -0.15) is 0 Å². The number of carbonyl (C=O) groups is 2. The topological polar surface area (TPSA) is 85.2 Å². The van der Waals surface area contributed by atoms with Crippen molar-refractivity contribution in [2.24, 2.45) is 4.99 Å². The molecule has 1 N–H and O–H groups in total. The van der Waals surface area contributed by atoms with Crippen molar-refractivity contribution < 1.29 is 19.1 Å². The van der Waals surface area contributed by atoms with E-state index in [1.54, 1.807) is 19.1 Å². The Morgan fingerprint density at radius 2 is 1.92 bits per heavy atom. The summed E-state index contributed by atoms with van der Waals surface area (Å²) >= 11 is 1.34. The smallest absolute Gasteiger partial charge is 0.266 e. The number of fused-ring (bicyclic) bond motifs is 1. The van der Waals surface area contributed by atoms with Crippen LogP contribution in [0.5, 0.6) is 5.75 Å². The monoisotopic (exact) mass is 506 g/mol. The summed E-state index contributed by atoms with van der Waals surface area (Å²) in [5.74, 6) is 0.578. The number of likely N-dealkylation sites (N-methyl/N-ethyl adjacent to an activating group) is 1. The number of rotatable bonds is 9. The van der Waals surface area contributed by atoms with E-state index < -0.39 is 0 Å². The lowest BCUT2D eigenvalue weighted by molar-refractivity contribution is -0.122. The number of amidine groups is 1. The minimum absolute atomic E-state index is 0.0917. The fraction of sp³-hybridized carbons (Fsp3) is 0.296. The third kappa shape index (κ3) is 5.47. The second kappa shape index (κ2) is 11.5. The average molecular weight is 507 g/mol. The molecule has 188 valence electrons. The number of hydrogen-bond acceptors (Lipinski definition) is 6. The van der Waals surface area contributed by atoms with Crippen LogP contribution in [-0.2, 0) is 20.9 Å².